The van der Waals surface area contributed by atoms with E-state index in [9.17, 15) is 9.90 Å². The van der Waals surface area contributed by atoms with Crippen molar-refractivity contribution < 1.29 is 19.4 Å². The highest BCUT2D eigenvalue weighted by Crippen LogP contribution is 2.38. The molecule has 2 aromatic carbocycles. The number of aromatic hydroxyl groups is 1. The van der Waals surface area contributed by atoms with Gasteiger partial charge in [-0.25, -0.2) is 4.79 Å². The molecule has 0 aliphatic carbocycles. The molecule has 1 saturated heterocycles. The van der Waals surface area contributed by atoms with Crippen molar-refractivity contribution in [3.8, 4) is 5.75 Å². The fraction of sp³-hybridized carbons (Fsp3) is 0.381. The average Bonchev–Trinajstić information content (AvgIpc) is 2.67. The van der Waals surface area contributed by atoms with Crippen molar-refractivity contribution in [2.24, 2.45) is 0 Å². The molecule has 2 atom stereocenters. The van der Waals surface area contributed by atoms with Gasteiger partial charge in [-0.15, -0.1) is 0 Å². The summed E-state index contributed by atoms with van der Waals surface area (Å²) in [5.41, 5.74) is 1.65. The van der Waals surface area contributed by atoms with E-state index in [1.165, 1.54) is 0 Å². The van der Waals surface area contributed by atoms with Crippen LogP contribution in [0.2, 0.25) is 0 Å². The summed E-state index contributed by atoms with van der Waals surface area (Å²) in [6.45, 7) is 3.34. The first kappa shape index (κ1) is 19.7. The summed E-state index contributed by atoms with van der Waals surface area (Å²) < 4.78 is 12.1. The molecule has 144 valence electrons. The van der Waals surface area contributed by atoms with Crippen LogP contribution in [0.15, 0.2) is 53.0 Å². The summed E-state index contributed by atoms with van der Waals surface area (Å²) in [7, 11) is 0. The lowest BCUT2D eigenvalue weighted by Gasteiger charge is -2.39. The van der Waals surface area contributed by atoms with Crippen molar-refractivity contribution in [2.45, 2.75) is 38.5 Å². The number of phenols is 1. The first-order chi connectivity index (χ1) is 13.1. The molecule has 27 heavy (non-hydrogen) atoms. The van der Waals surface area contributed by atoms with E-state index < -0.39 is 0 Å². The van der Waals surface area contributed by atoms with Crippen LogP contribution in [0, 0.1) is 0 Å². The summed E-state index contributed by atoms with van der Waals surface area (Å²) >= 11 is 3.36. The number of carbonyl (C=O) groups excluding carboxylic acids is 1. The van der Waals surface area contributed by atoms with Crippen LogP contribution in [0.25, 0.3) is 0 Å². The summed E-state index contributed by atoms with van der Waals surface area (Å²) in [6.07, 6.45) is 1.06. The normalized spacial score (nSPS) is 19.7. The van der Waals surface area contributed by atoms with Crippen molar-refractivity contribution in [1.29, 1.82) is 0 Å². The van der Waals surface area contributed by atoms with Gasteiger partial charge < -0.3 is 19.5 Å². The molecule has 6 heteroatoms. The van der Waals surface area contributed by atoms with Gasteiger partial charge in [-0.3, -0.25) is 0 Å². The zero-order valence-electron chi connectivity index (χ0n) is 15.3. The second-order valence-corrected chi connectivity index (χ2v) is 7.47. The van der Waals surface area contributed by atoms with E-state index in [0.717, 1.165) is 16.5 Å². The Morgan fingerprint density at radius 3 is 2.74 bits per heavy atom. The van der Waals surface area contributed by atoms with E-state index in [1.807, 2.05) is 49.4 Å². The number of ether oxygens (including phenoxy) is 2. The minimum Gasteiger partial charge on any atom is -0.508 e. The van der Waals surface area contributed by atoms with Gasteiger partial charge in [0, 0.05) is 23.2 Å². The van der Waals surface area contributed by atoms with Crippen LogP contribution >= 0.6 is 15.9 Å². The third kappa shape index (κ3) is 5.02. The number of hydrogen-bond acceptors (Lipinski definition) is 4. The maximum Gasteiger partial charge on any atom is 0.410 e. The summed E-state index contributed by atoms with van der Waals surface area (Å²) in [6, 6.07) is 14.7. The number of halogens is 1. The molecule has 0 bridgehead atoms. The van der Waals surface area contributed by atoms with E-state index >= 15 is 0 Å². The summed E-state index contributed by atoms with van der Waals surface area (Å²) in [4.78, 5) is 14.5. The van der Waals surface area contributed by atoms with E-state index in [4.69, 9.17) is 9.47 Å². The quantitative estimate of drug-likeness (QED) is 0.717. The van der Waals surface area contributed by atoms with Gasteiger partial charge in [0.25, 0.3) is 0 Å². The number of hydrogen-bond donors (Lipinski definition) is 1. The molecular weight excluding hydrogens is 410 g/mol. The maximum absolute atomic E-state index is 12.8. The first-order valence-electron chi connectivity index (χ1n) is 9.15. The molecule has 0 spiro atoms. The van der Waals surface area contributed by atoms with Crippen LogP contribution in [0.4, 0.5) is 4.79 Å². The Bertz CT molecular complexity index is 768. The van der Waals surface area contributed by atoms with E-state index in [-0.39, 0.29) is 30.6 Å². The largest absolute Gasteiger partial charge is 0.508 e. The highest BCUT2D eigenvalue weighted by Gasteiger charge is 2.35. The van der Waals surface area contributed by atoms with Crippen LogP contribution in [0.1, 0.15) is 36.9 Å². The second kappa shape index (κ2) is 9.24. The highest BCUT2D eigenvalue weighted by atomic mass is 79.9. The molecule has 1 N–H and O–H groups in total. The van der Waals surface area contributed by atoms with Gasteiger partial charge in [-0.2, -0.15) is 0 Å². The topological polar surface area (TPSA) is 59.0 Å². The molecule has 5 nitrogen and oxygen atoms in total. The Labute approximate surface area is 168 Å². The standard InChI is InChI=1S/C21H24BrNO4/c1-2-26-17-10-11-23(21(25)27-14-15-6-4-3-5-7-15)19(13-17)18-9-8-16(22)12-20(18)24/h3-9,12,17,19,24H,2,10-11,13-14H2,1H3/t17-,19-/m0/s1. The van der Waals surface area contributed by atoms with Gasteiger partial charge in [-0.1, -0.05) is 52.3 Å². The Kier molecular flexibility index (Phi) is 6.74. The fourth-order valence-electron chi connectivity index (χ4n) is 3.43. The minimum atomic E-state index is -0.374. The Morgan fingerprint density at radius 2 is 2.04 bits per heavy atom. The minimum absolute atomic E-state index is 0.0567. The van der Waals surface area contributed by atoms with Crippen LogP contribution < -0.4 is 0 Å². The smallest absolute Gasteiger partial charge is 0.410 e. The number of piperidine rings is 1. The van der Waals surface area contributed by atoms with Crippen LogP contribution in [-0.2, 0) is 16.1 Å². The van der Waals surface area contributed by atoms with Gasteiger partial charge in [0.05, 0.1) is 12.1 Å². The molecule has 1 aliphatic heterocycles. The molecule has 1 aliphatic rings. The number of benzene rings is 2. The molecule has 2 aromatic rings. The van der Waals surface area contributed by atoms with Crippen molar-refractivity contribution in [3.05, 3.63) is 64.1 Å². The molecule has 0 unspecified atom stereocenters. The van der Waals surface area contributed by atoms with Gasteiger partial charge in [0.2, 0.25) is 0 Å². The SMILES string of the molecule is CCO[C@H]1CCN(C(=O)OCc2ccccc2)[C@H](c2ccc(Br)cc2O)C1. The number of amides is 1. The maximum atomic E-state index is 12.8. The van der Waals surface area contributed by atoms with Crippen molar-refractivity contribution >= 4 is 22.0 Å². The number of nitrogens with zero attached hydrogens (tertiary/aromatic N) is 1. The van der Waals surface area contributed by atoms with E-state index in [0.29, 0.717) is 25.1 Å². The zero-order valence-corrected chi connectivity index (χ0v) is 16.9. The Morgan fingerprint density at radius 1 is 1.26 bits per heavy atom. The van der Waals surface area contributed by atoms with Crippen molar-refractivity contribution in [3.63, 3.8) is 0 Å². The molecule has 1 heterocycles. The molecule has 1 fully saturated rings. The predicted molar refractivity (Wildman–Crippen MR) is 107 cm³/mol. The molecule has 3 rings (SSSR count). The van der Waals surface area contributed by atoms with Gasteiger partial charge in [0.1, 0.15) is 12.4 Å². The lowest BCUT2D eigenvalue weighted by atomic mass is 9.93. The summed E-state index contributed by atoms with van der Waals surface area (Å²) in [5.74, 6) is 0.160. The van der Waals surface area contributed by atoms with Crippen LogP contribution in [0.3, 0.4) is 0 Å². The Hall–Kier alpha value is -2.05. The van der Waals surface area contributed by atoms with Gasteiger partial charge >= 0.3 is 6.09 Å². The predicted octanol–water partition coefficient (Wildman–Crippen LogP) is 5.03. The third-order valence-electron chi connectivity index (χ3n) is 4.75. The van der Waals surface area contributed by atoms with E-state index in [2.05, 4.69) is 15.9 Å². The number of likely N-dealkylation sites (tertiary alicyclic amines) is 1. The zero-order chi connectivity index (χ0) is 19.2. The lowest BCUT2D eigenvalue weighted by molar-refractivity contribution is -0.0129. The molecule has 1 amide bonds. The van der Waals surface area contributed by atoms with E-state index in [1.54, 1.807) is 11.0 Å². The van der Waals surface area contributed by atoms with Crippen molar-refractivity contribution in [1.82, 2.24) is 4.90 Å². The lowest BCUT2D eigenvalue weighted by Crippen LogP contribution is -2.43. The first-order valence-corrected chi connectivity index (χ1v) is 9.95. The molecule has 0 aromatic heterocycles. The molecule has 0 radical (unpaired) electrons. The number of rotatable bonds is 5. The van der Waals surface area contributed by atoms with Crippen LogP contribution in [0.5, 0.6) is 5.75 Å². The third-order valence-corrected chi connectivity index (χ3v) is 5.24. The highest BCUT2D eigenvalue weighted by molar-refractivity contribution is 9.10. The summed E-state index contributed by atoms with van der Waals surface area (Å²) in [5, 5.41) is 10.4. The molecular formula is C21H24BrNO4. The molecule has 0 saturated carbocycles. The number of phenolic OH excluding ortho intramolecular Hbond substituents is 1. The van der Waals surface area contributed by atoms with Gasteiger partial charge in [-0.05, 0) is 37.5 Å². The van der Waals surface area contributed by atoms with Gasteiger partial charge in [0.15, 0.2) is 0 Å². The second-order valence-electron chi connectivity index (χ2n) is 6.55. The fourth-order valence-corrected chi connectivity index (χ4v) is 3.78. The average molecular weight is 434 g/mol. The van der Waals surface area contributed by atoms with Crippen LogP contribution in [-0.4, -0.2) is 35.4 Å². The Balaban J connectivity index is 1.77. The monoisotopic (exact) mass is 433 g/mol. The van der Waals surface area contributed by atoms with Crippen molar-refractivity contribution in [2.75, 3.05) is 13.2 Å². The number of carbonyl (C=O) groups is 1.